The van der Waals surface area contributed by atoms with E-state index in [0.717, 1.165) is 6.42 Å². The molecule has 0 aromatic heterocycles. The van der Waals surface area contributed by atoms with Crippen LogP contribution >= 0.6 is 0 Å². The van der Waals surface area contributed by atoms with Gasteiger partial charge in [-0.25, -0.2) is 0 Å². The summed E-state index contributed by atoms with van der Waals surface area (Å²) in [5, 5.41) is 12.2. The van der Waals surface area contributed by atoms with Gasteiger partial charge in [-0.3, -0.25) is 4.79 Å². The number of nitrogens with one attached hydrogen (secondary N) is 1. The molecule has 3 atom stereocenters. The highest BCUT2D eigenvalue weighted by molar-refractivity contribution is 5.82. The van der Waals surface area contributed by atoms with Crippen molar-refractivity contribution in [2.75, 3.05) is 26.8 Å². The monoisotopic (exact) mass is 279 g/mol. The molecule has 1 N–H and O–H groups in total. The average molecular weight is 279 g/mol. The SMILES string of the molecule is COCCN(CCC#N)C(=O)C1CC2CCCCC2N1. The van der Waals surface area contributed by atoms with Crippen LogP contribution in [0.25, 0.3) is 0 Å². The van der Waals surface area contributed by atoms with Crippen LogP contribution in [0.2, 0.25) is 0 Å². The Morgan fingerprint density at radius 1 is 1.40 bits per heavy atom. The largest absolute Gasteiger partial charge is 0.383 e. The van der Waals surface area contributed by atoms with Crippen molar-refractivity contribution in [3.05, 3.63) is 0 Å². The van der Waals surface area contributed by atoms with E-state index < -0.39 is 0 Å². The van der Waals surface area contributed by atoms with E-state index >= 15 is 0 Å². The fourth-order valence-corrected chi connectivity index (χ4v) is 3.45. The number of methoxy groups -OCH3 is 1. The zero-order chi connectivity index (χ0) is 14.4. The maximum atomic E-state index is 12.6. The summed E-state index contributed by atoms with van der Waals surface area (Å²) in [6, 6.07) is 2.58. The van der Waals surface area contributed by atoms with Gasteiger partial charge in [0.1, 0.15) is 0 Å². The Kier molecular flexibility index (Phi) is 5.81. The molecule has 1 aliphatic carbocycles. The molecule has 1 amide bonds. The molecular formula is C15H25N3O2. The van der Waals surface area contributed by atoms with Gasteiger partial charge in [-0.05, 0) is 25.2 Å². The van der Waals surface area contributed by atoms with Crippen molar-refractivity contribution in [3.8, 4) is 6.07 Å². The zero-order valence-corrected chi connectivity index (χ0v) is 12.3. The van der Waals surface area contributed by atoms with Crippen molar-refractivity contribution in [3.63, 3.8) is 0 Å². The predicted molar refractivity (Wildman–Crippen MR) is 76.0 cm³/mol. The molecule has 5 nitrogen and oxygen atoms in total. The van der Waals surface area contributed by atoms with E-state index in [4.69, 9.17) is 10.00 Å². The zero-order valence-electron chi connectivity index (χ0n) is 12.3. The Balaban J connectivity index is 1.91. The lowest BCUT2D eigenvalue weighted by molar-refractivity contribution is -0.133. The smallest absolute Gasteiger partial charge is 0.239 e. The summed E-state index contributed by atoms with van der Waals surface area (Å²) in [7, 11) is 1.63. The summed E-state index contributed by atoms with van der Waals surface area (Å²) in [5.74, 6) is 0.810. The van der Waals surface area contributed by atoms with Crippen LogP contribution in [-0.4, -0.2) is 49.7 Å². The van der Waals surface area contributed by atoms with Crippen LogP contribution in [0.1, 0.15) is 38.5 Å². The molecule has 112 valence electrons. The van der Waals surface area contributed by atoms with Gasteiger partial charge < -0.3 is 15.0 Å². The van der Waals surface area contributed by atoms with Gasteiger partial charge in [0.05, 0.1) is 25.1 Å². The minimum atomic E-state index is -0.0568. The summed E-state index contributed by atoms with van der Waals surface area (Å²) in [4.78, 5) is 14.4. The van der Waals surface area contributed by atoms with E-state index in [2.05, 4.69) is 11.4 Å². The molecule has 1 saturated heterocycles. The van der Waals surface area contributed by atoms with E-state index in [1.54, 1.807) is 12.0 Å². The number of carbonyl (C=O) groups excluding carboxylic acids is 1. The molecule has 2 aliphatic rings. The van der Waals surface area contributed by atoms with Crippen LogP contribution in [0.3, 0.4) is 0 Å². The lowest BCUT2D eigenvalue weighted by Crippen LogP contribution is -2.46. The van der Waals surface area contributed by atoms with Gasteiger partial charge >= 0.3 is 0 Å². The Bertz CT molecular complexity index is 353. The van der Waals surface area contributed by atoms with Gasteiger partial charge in [0, 0.05) is 26.2 Å². The normalized spacial score (nSPS) is 28.7. The second kappa shape index (κ2) is 7.61. The number of amides is 1. The molecule has 0 bridgehead atoms. The highest BCUT2D eigenvalue weighted by Crippen LogP contribution is 2.33. The number of nitriles is 1. The summed E-state index contributed by atoms with van der Waals surface area (Å²) in [6.45, 7) is 1.60. The molecule has 20 heavy (non-hydrogen) atoms. The van der Waals surface area contributed by atoms with Gasteiger partial charge in [0.25, 0.3) is 0 Å². The lowest BCUT2D eigenvalue weighted by Gasteiger charge is -2.25. The number of rotatable bonds is 6. The van der Waals surface area contributed by atoms with E-state index in [1.807, 2.05) is 0 Å². The minimum Gasteiger partial charge on any atom is -0.383 e. The highest BCUT2D eigenvalue weighted by atomic mass is 16.5. The number of nitrogens with zero attached hydrogens (tertiary/aromatic N) is 2. The highest BCUT2D eigenvalue weighted by Gasteiger charge is 2.39. The predicted octanol–water partition coefficient (Wildman–Crippen LogP) is 1.30. The number of ether oxygens (including phenoxy) is 1. The van der Waals surface area contributed by atoms with Crippen LogP contribution in [0.5, 0.6) is 0 Å². The molecule has 3 unspecified atom stereocenters. The first-order valence-corrected chi connectivity index (χ1v) is 7.67. The number of hydrogen-bond acceptors (Lipinski definition) is 4. The van der Waals surface area contributed by atoms with Crippen molar-refractivity contribution in [1.82, 2.24) is 10.2 Å². The second-order valence-corrected chi connectivity index (χ2v) is 5.83. The second-order valence-electron chi connectivity index (χ2n) is 5.83. The first-order chi connectivity index (χ1) is 9.76. The van der Waals surface area contributed by atoms with E-state index in [1.165, 1.54) is 25.7 Å². The summed E-state index contributed by atoms with van der Waals surface area (Å²) >= 11 is 0. The van der Waals surface area contributed by atoms with Crippen LogP contribution in [0, 0.1) is 17.2 Å². The fourth-order valence-electron chi connectivity index (χ4n) is 3.45. The Morgan fingerprint density at radius 2 is 2.20 bits per heavy atom. The third kappa shape index (κ3) is 3.71. The maximum absolute atomic E-state index is 12.6. The van der Waals surface area contributed by atoms with Crippen molar-refractivity contribution in [1.29, 1.82) is 5.26 Å². The average Bonchev–Trinajstić information content (AvgIpc) is 2.90. The van der Waals surface area contributed by atoms with Crippen LogP contribution in [0.4, 0.5) is 0 Å². The third-order valence-corrected chi connectivity index (χ3v) is 4.53. The van der Waals surface area contributed by atoms with Crippen molar-refractivity contribution < 1.29 is 9.53 Å². The van der Waals surface area contributed by atoms with Crippen LogP contribution in [0.15, 0.2) is 0 Å². The molecule has 5 heteroatoms. The first-order valence-electron chi connectivity index (χ1n) is 7.67. The van der Waals surface area contributed by atoms with E-state index in [9.17, 15) is 4.79 Å². The van der Waals surface area contributed by atoms with Crippen molar-refractivity contribution in [2.45, 2.75) is 50.6 Å². The summed E-state index contributed by atoms with van der Waals surface area (Å²) in [6.07, 6.45) is 6.36. The minimum absolute atomic E-state index is 0.0568. The molecule has 2 fully saturated rings. The number of fused-ring (bicyclic) bond motifs is 1. The standard InChI is InChI=1S/C15H25N3O2/c1-20-10-9-18(8-4-7-16)15(19)14-11-12-5-2-3-6-13(12)17-14/h12-14,17H,2-6,8-11H2,1H3. The van der Waals surface area contributed by atoms with Crippen molar-refractivity contribution in [2.24, 2.45) is 5.92 Å². The van der Waals surface area contributed by atoms with Crippen molar-refractivity contribution >= 4 is 5.91 Å². The molecular weight excluding hydrogens is 254 g/mol. The van der Waals surface area contributed by atoms with Crippen LogP contribution < -0.4 is 5.32 Å². The molecule has 0 spiro atoms. The Labute approximate surface area is 121 Å². The third-order valence-electron chi connectivity index (χ3n) is 4.53. The quantitative estimate of drug-likeness (QED) is 0.796. The molecule has 1 aliphatic heterocycles. The van der Waals surface area contributed by atoms with E-state index in [-0.39, 0.29) is 11.9 Å². The number of carbonyl (C=O) groups is 1. The first kappa shape index (κ1) is 15.3. The maximum Gasteiger partial charge on any atom is 0.239 e. The Hall–Kier alpha value is -1.12. The molecule has 1 saturated carbocycles. The van der Waals surface area contributed by atoms with Crippen LogP contribution in [-0.2, 0) is 9.53 Å². The van der Waals surface area contributed by atoms with Gasteiger partial charge in [0.15, 0.2) is 0 Å². The lowest BCUT2D eigenvalue weighted by atomic mass is 9.85. The molecule has 0 radical (unpaired) electrons. The fraction of sp³-hybridized carbons (Fsp3) is 0.867. The molecule has 0 aromatic rings. The Morgan fingerprint density at radius 3 is 2.90 bits per heavy atom. The van der Waals surface area contributed by atoms with Gasteiger partial charge in [-0.2, -0.15) is 5.26 Å². The van der Waals surface area contributed by atoms with Gasteiger partial charge in [0.2, 0.25) is 5.91 Å². The topological polar surface area (TPSA) is 65.4 Å². The van der Waals surface area contributed by atoms with Gasteiger partial charge in [-0.1, -0.05) is 12.8 Å². The molecule has 0 aromatic carbocycles. The van der Waals surface area contributed by atoms with Gasteiger partial charge in [-0.15, -0.1) is 0 Å². The number of hydrogen-bond donors (Lipinski definition) is 1. The molecule has 2 rings (SSSR count). The van der Waals surface area contributed by atoms with E-state index in [0.29, 0.717) is 38.1 Å². The summed E-state index contributed by atoms with van der Waals surface area (Å²) in [5.41, 5.74) is 0. The summed E-state index contributed by atoms with van der Waals surface area (Å²) < 4.78 is 5.06. The molecule has 1 heterocycles.